The van der Waals surface area contributed by atoms with E-state index < -0.39 is 0 Å². The fourth-order valence-electron chi connectivity index (χ4n) is 1.68. The Kier molecular flexibility index (Phi) is 4.15. The standard InChI is InChI=1S/C10H16ClN5O2/c1-15(2)9-12-8(11)13-10(14-9)16-3-4-18-7(5-16)6-17/h7,17H,3-6H2,1-2H3. The number of rotatable bonds is 3. The summed E-state index contributed by atoms with van der Waals surface area (Å²) >= 11 is 5.89. The van der Waals surface area contributed by atoms with Crippen LogP contribution in [0.1, 0.15) is 0 Å². The minimum Gasteiger partial charge on any atom is -0.394 e. The van der Waals surface area contributed by atoms with Crippen LogP contribution in [0.4, 0.5) is 11.9 Å². The van der Waals surface area contributed by atoms with Gasteiger partial charge < -0.3 is 19.6 Å². The molecule has 1 fully saturated rings. The highest BCUT2D eigenvalue weighted by molar-refractivity contribution is 6.28. The van der Waals surface area contributed by atoms with Gasteiger partial charge in [-0.05, 0) is 11.6 Å². The summed E-state index contributed by atoms with van der Waals surface area (Å²) in [6.07, 6.45) is -0.211. The van der Waals surface area contributed by atoms with Gasteiger partial charge in [0.1, 0.15) is 0 Å². The molecular weight excluding hydrogens is 258 g/mol. The van der Waals surface area contributed by atoms with E-state index in [2.05, 4.69) is 15.0 Å². The van der Waals surface area contributed by atoms with Crippen molar-refractivity contribution in [2.75, 3.05) is 50.2 Å². The number of nitrogens with zero attached hydrogens (tertiary/aromatic N) is 5. The first-order chi connectivity index (χ1) is 8.60. The normalized spacial score (nSPS) is 20.0. The van der Waals surface area contributed by atoms with Gasteiger partial charge in [0.25, 0.3) is 0 Å². The van der Waals surface area contributed by atoms with Crippen LogP contribution in [0.2, 0.25) is 5.28 Å². The summed E-state index contributed by atoms with van der Waals surface area (Å²) in [5.41, 5.74) is 0. The fourth-order valence-corrected chi connectivity index (χ4v) is 1.83. The number of halogens is 1. The quantitative estimate of drug-likeness (QED) is 0.817. The van der Waals surface area contributed by atoms with Crippen molar-refractivity contribution >= 4 is 23.5 Å². The molecule has 0 aliphatic carbocycles. The lowest BCUT2D eigenvalue weighted by Crippen LogP contribution is -2.45. The third-order valence-electron chi connectivity index (χ3n) is 2.61. The molecule has 0 spiro atoms. The maximum absolute atomic E-state index is 9.11. The number of hydrogen-bond donors (Lipinski definition) is 1. The largest absolute Gasteiger partial charge is 0.394 e. The third kappa shape index (κ3) is 2.98. The number of aliphatic hydroxyl groups excluding tert-OH is 1. The molecule has 1 atom stereocenters. The highest BCUT2D eigenvalue weighted by atomic mass is 35.5. The zero-order chi connectivity index (χ0) is 13.1. The summed E-state index contributed by atoms with van der Waals surface area (Å²) in [5, 5.41) is 9.28. The molecule has 1 aromatic rings. The predicted molar refractivity (Wildman–Crippen MR) is 68.2 cm³/mol. The van der Waals surface area contributed by atoms with Crippen LogP contribution in [-0.4, -0.2) is 66.6 Å². The molecule has 2 heterocycles. The maximum Gasteiger partial charge on any atom is 0.231 e. The molecule has 8 heteroatoms. The second-order valence-corrected chi connectivity index (χ2v) is 4.56. The molecule has 0 bridgehead atoms. The van der Waals surface area contributed by atoms with Crippen LogP contribution in [0.5, 0.6) is 0 Å². The van der Waals surface area contributed by atoms with Crippen molar-refractivity contribution in [2.24, 2.45) is 0 Å². The van der Waals surface area contributed by atoms with Gasteiger partial charge in [0.05, 0.1) is 19.3 Å². The average Bonchev–Trinajstić information content (AvgIpc) is 2.38. The van der Waals surface area contributed by atoms with E-state index in [0.29, 0.717) is 31.6 Å². The van der Waals surface area contributed by atoms with Gasteiger partial charge in [-0.25, -0.2) is 0 Å². The monoisotopic (exact) mass is 273 g/mol. The molecule has 100 valence electrons. The van der Waals surface area contributed by atoms with Crippen LogP contribution in [0.3, 0.4) is 0 Å². The van der Waals surface area contributed by atoms with Crippen LogP contribution in [0.25, 0.3) is 0 Å². The van der Waals surface area contributed by atoms with Crippen molar-refractivity contribution in [3.05, 3.63) is 5.28 Å². The van der Waals surface area contributed by atoms with Crippen molar-refractivity contribution < 1.29 is 9.84 Å². The first-order valence-corrected chi connectivity index (χ1v) is 6.04. The number of aliphatic hydroxyl groups is 1. The number of anilines is 2. The van der Waals surface area contributed by atoms with E-state index >= 15 is 0 Å². The minimum atomic E-state index is -0.211. The van der Waals surface area contributed by atoms with Crippen molar-refractivity contribution in [3.63, 3.8) is 0 Å². The Morgan fingerprint density at radius 2 is 2.22 bits per heavy atom. The maximum atomic E-state index is 9.11. The molecule has 0 saturated carbocycles. The lowest BCUT2D eigenvalue weighted by Gasteiger charge is -2.32. The zero-order valence-electron chi connectivity index (χ0n) is 10.4. The first kappa shape index (κ1) is 13.3. The molecule has 0 aromatic carbocycles. The van der Waals surface area contributed by atoms with Crippen LogP contribution < -0.4 is 9.80 Å². The molecule has 18 heavy (non-hydrogen) atoms. The lowest BCUT2D eigenvalue weighted by molar-refractivity contribution is 0.00313. The van der Waals surface area contributed by atoms with Crippen LogP contribution >= 0.6 is 11.6 Å². The van der Waals surface area contributed by atoms with Gasteiger partial charge in [0, 0.05) is 27.2 Å². The molecule has 1 aromatic heterocycles. The lowest BCUT2D eigenvalue weighted by atomic mass is 10.3. The van der Waals surface area contributed by atoms with E-state index in [4.69, 9.17) is 21.4 Å². The highest BCUT2D eigenvalue weighted by Crippen LogP contribution is 2.17. The Hall–Kier alpha value is -1.18. The zero-order valence-corrected chi connectivity index (χ0v) is 11.1. The van der Waals surface area contributed by atoms with Crippen molar-refractivity contribution in [1.29, 1.82) is 0 Å². The van der Waals surface area contributed by atoms with Crippen molar-refractivity contribution in [2.45, 2.75) is 6.10 Å². The second-order valence-electron chi connectivity index (χ2n) is 4.22. The number of morpholine rings is 1. The molecule has 0 amide bonds. The van der Waals surface area contributed by atoms with E-state index in [9.17, 15) is 0 Å². The van der Waals surface area contributed by atoms with E-state index in [-0.39, 0.29) is 18.0 Å². The van der Waals surface area contributed by atoms with E-state index in [1.54, 1.807) is 4.90 Å². The molecule has 1 saturated heterocycles. The Morgan fingerprint density at radius 1 is 1.44 bits per heavy atom. The summed E-state index contributed by atoms with van der Waals surface area (Å²) in [6.45, 7) is 1.73. The second kappa shape index (κ2) is 5.64. The Bertz CT molecular complexity index is 417. The third-order valence-corrected chi connectivity index (χ3v) is 2.78. The van der Waals surface area contributed by atoms with E-state index in [0.717, 1.165) is 0 Å². The predicted octanol–water partition coefficient (Wildman–Crippen LogP) is -0.212. The van der Waals surface area contributed by atoms with Gasteiger partial charge in [0.15, 0.2) is 0 Å². The van der Waals surface area contributed by atoms with Gasteiger partial charge in [0.2, 0.25) is 17.2 Å². The molecular formula is C10H16ClN5O2. The average molecular weight is 274 g/mol. The van der Waals surface area contributed by atoms with Gasteiger partial charge in [-0.3, -0.25) is 0 Å². The molecule has 2 rings (SSSR count). The molecule has 7 nitrogen and oxygen atoms in total. The van der Waals surface area contributed by atoms with Gasteiger partial charge in [-0.1, -0.05) is 0 Å². The summed E-state index contributed by atoms with van der Waals surface area (Å²) in [5.74, 6) is 1.03. The van der Waals surface area contributed by atoms with Crippen LogP contribution in [0.15, 0.2) is 0 Å². The Labute approximate surface area is 110 Å². The Balaban J connectivity index is 2.21. The number of hydrogen-bond acceptors (Lipinski definition) is 7. The van der Waals surface area contributed by atoms with Crippen molar-refractivity contribution in [3.8, 4) is 0 Å². The Morgan fingerprint density at radius 3 is 2.89 bits per heavy atom. The summed E-state index contributed by atoms with van der Waals surface area (Å²) in [6, 6.07) is 0. The van der Waals surface area contributed by atoms with Crippen LogP contribution in [0, 0.1) is 0 Å². The molecule has 1 unspecified atom stereocenters. The summed E-state index contributed by atoms with van der Waals surface area (Å²) < 4.78 is 5.38. The first-order valence-electron chi connectivity index (χ1n) is 5.66. The number of aromatic nitrogens is 3. The highest BCUT2D eigenvalue weighted by Gasteiger charge is 2.22. The van der Waals surface area contributed by atoms with Crippen LogP contribution in [-0.2, 0) is 4.74 Å². The van der Waals surface area contributed by atoms with E-state index in [1.807, 2.05) is 19.0 Å². The van der Waals surface area contributed by atoms with Crippen molar-refractivity contribution in [1.82, 2.24) is 15.0 Å². The summed E-state index contributed by atoms with van der Waals surface area (Å²) in [4.78, 5) is 16.2. The minimum absolute atomic E-state index is 0.0180. The molecule has 1 aliphatic rings. The molecule has 1 N–H and O–H groups in total. The summed E-state index contributed by atoms with van der Waals surface area (Å²) in [7, 11) is 3.68. The molecule has 0 radical (unpaired) electrons. The fraction of sp³-hybridized carbons (Fsp3) is 0.700. The SMILES string of the molecule is CN(C)c1nc(Cl)nc(N2CCOC(CO)C2)n1. The van der Waals surface area contributed by atoms with Gasteiger partial charge in [-0.2, -0.15) is 15.0 Å². The smallest absolute Gasteiger partial charge is 0.231 e. The topological polar surface area (TPSA) is 74.6 Å². The molecule has 1 aliphatic heterocycles. The van der Waals surface area contributed by atoms with Gasteiger partial charge >= 0.3 is 0 Å². The number of ether oxygens (including phenoxy) is 1. The van der Waals surface area contributed by atoms with E-state index in [1.165, 1.54) is 0 Å². The van der Waals surface area contributed by atoms with Gasteiger partial charge in [-0.15, -0.1) is 0 Å².